The molecule has 0 fully saturated rings. The molecule has 5 rings (SSSR count). The second-order valence-electron chi connectivity index (χ2n) is 7.23. The Balaban J connectivity index is 1.34. The molecule has 0 bridgehead atoms. The van der Waals surface area contributed by atoms with Crippen molar-refractivity contribution >= 4 is 28.2 Å². The van der Waals surface area contributed by atoms with E-state index in [1.54, 1.807) is 6.20 Å². The molecule has 0 aliphatic heterocycles. The van der Waals surface area contributed by atoms with Crippen LogP contribution in [0.5, 0.6) is 5.75 Å². The van der Waals surface area contributed by atoms with Crippen molar-refractivity contribution in [2.45, 2.75) is 6.61 Å². The number of fused-ring (bicyclic) bond motifs is 1. The van der Waals surface area contributed by atoms with Gasteiger partial charge in [0, 0.05) is 23.3 Å². The van der Waals surface area contributed by atoms with Gasteiger partial charge >= 0.3 is 0 Å². The number of hydrogen-bond donors (Lipinski definition) is 3. The lowest BCUT2D eigenvalue weighted by Gasteiger charge is -2.11. The molecule has 5 aromatic rings. The van der Waals surface area contributed by atoms with Crippen molar-refractivity contribution in [1.82, 2.24) is 15.2 Å². The molecular formula is C25H21N5O. The van der Waals surface area contributed by atoms with Gasteiger partial charge in [-0.05, 0) is 53.1 Å². The first kappa shape index (κ1) is 18.7. The van der Waals surface area contributed by atoms with E-state index in [-0.39, 0.29) is 0 Å². The highest BCUT2D eigenvalue weighted by Gasteiger charge is 2.07. The molecule has 0 saturated carbocycles. The first-order chi connectivity index (χ1) is 15.2. The summed E-state index contributed by atoms with van der Waals surface area (Å²) in [5.41, 5.74) is 11.0. The Labute approximate surface area is 179 Å². The molecule has 0 unspecified atom stereocenters. The van der Waals surface area contributed by atoms with E-state index in [2.05, 4.69) is 20.5 Å². The van der Waals surface area contributed by atoms with E-state index >= 15 is 0 Å². The normalized spacial score (nSPS) is 10.8. The Hall–Kier alpha value is -4.32. The highest BCUT2D eigenvalue weighted by molar-refractivity contribution is 5.92. The quantitative estimate of drug-likeness (QED) is 0.344. The van der Waals surface area contributed by atoms with Crippen LogP contribution in [-0.4, -0.2) is 15.2 Å². The number of nitrogens with zero attached hydrogens (tertiary/aromatic N) is 2. The maximum absolute atomic E-state index is 5.95. The van der Waals surface area contributed by atoms with Gasteiger partial charge in [0.1, 0.15) is 18.2 Å². The van der Waals surface area contributed by atoms with Gasteiger partial charge in [-0.2, -0.15) is 5.10 Å². The summed E-state index contributed by atoms with van der Waals surface area (Å²) in [5, 5.41) is 11.3. The maximum atomic E-state index is 5.95. The van der Waals surface area contributed by atoms with Crippen molar-refractivity contribution in [3.63, 3.8) is 0 Å². The average Bonchev–Trinajstić information content (AvgIpc) is 3.19. The summed E-state index contributed by atoms with van der Waals surface area (Å²) < 4.78 is 5.93. The van der Waals surface area contributed by atoms with Gasteiger partial charge in [-0.25, -0.2) is 4.98 Å². The Morgan fingerprint density at radius 2 is 1.74 bits per heavy atom. The zero-order valence-corrected chi connectivity index (χ0v) is 16.7. The van der Waals surface area contributed by atoms with Crippen molar-refractivity contribution < 1.29 is 4.74 Å². The van der Waals surface area contributed by atoms with Crippen LogP contribution in [0.4, 0.5) is 17.3 Å². The van der Waals surface area contributed by atoms with Gasteiger partial charge in [0.25, 0.3) is 0 Å². The highest BCUT2D eigenvalue weighted by atomic mass is 16.5. The minimum Gasteiger partial charge on any atom is -0.489 e. The summed E-state index contributed by atoms with van der Waals surface area (Å²) >= 11 is 0. The van der Waals surface area contributed by atoms with Gasteiger partial charge in [-0.1, -0.05) is 42.5 Å². The number of H-pyrrole nitrogens is 1. The lowest BCUT2D eigenvalue weighted by molar-refractivity contribution is 0.306. The predicted molar refractivity (Wildman–Crippen MR) is 124 cm³/mol. The van der Waals surface area contributed by atoms with Crippen LogP contribution in [0.1, 0.15) is 5.56 Å². The summed E-state index contributed by atoms with van der Waals surface area (Å²) in [6.07, 6.45) is 1.79. The largest absolute Gasteiger partial charge is 0.489 e. The van der Waals surface area contributed by atoms with Crippen LogP contribution in [0.3, 0.4) is 0 Å². The number of rotatable bonds is 6. The Morgan fingerprint density at radius 1 is 0.871 bits per heavy atom. The number of nitrogen functional groups attached to an aromatic ring is 1. The van der Waals surface area contributed by atoms with E-state index < -0.39 is 0 Å². The number of aromatic amines is 1. The molecule has 4 N–H and O–H groups in total. The number of anilines is 3. The molecule has 2 heterocycles. The Bertz CT molecular complexity index is 1330. The SMILES string of the molecule is Nc1n[nH]c2ccc(-c3ccnc(Nc4cccc(OCc5ccccc5)c4)c3)cc12. The number of hydrogen-bond acceptors (Lipinski definition) is 5. The second-order valence-corrected chi connectivity index (χ2v) is 7.23. The first-order valence-electron chi connectivity index (χ1n) is 9.98. The standard InChI is InChI=1S/C25H21N5O/c26-25-22-13-18(9-10-23(22)29-30-25)19-11-12-27-24(14-19)28-20-7-4-8-21(15-20)31-16-17-5-2-1-3-6-17/h1-15H,16H2,(H,27,28)(H3,26,29,30). The molecule has 3 aromatic carbocycles. The second kappa shape index (κ2) is 8.20. The summed E-state index contributed by atoms with van der Waals surface area (Å²) in [6.45, 7) is 0.525. The summed E-state index contributed by atoms with van der Waals surface area (Å²) in [5.74, 6) is 2.04. The third kappa shape index (κ3) is 4.18. The predicted octanol–water partition coefficient (Wildman–Crippen LogP) is 5.53. The molecule has 6 nitrogen and oxygen atoms in total. The number of aromatic nitrogens is 3. The van der Waals surface area contributed by atoms with Crippen LogP contribution in [0.2, 0.25) is 0 Å². The van der Waals surface area contributed by atoms with Gasteiger partial charge in [0.15, 0.2) is 5.82 Å². The minimum absolute atomic E-state index is 0.497. The van der Waals surface area contributed by atoms with Gasteiger partial charge in [-0.15, -0.1) is 0 Å². The van der Waals surface area contributed by atoms with E-state index in [1.807, 2.05) is 84.9 Å². The molecule has 0 radical (unpaired) electrons. The number of nitrogens with one attached hydrogen (secondary N) is 2. The number of nitrogens with two attached hydrogens (primary N) is 1. The van der Waals surface area contributed by atoms with Crippen molar-refractivity contribution in [3.8, 4) is 16.9 Å². The Morgan fingerprint density at radius 3 is 2.65 bits per heavy atom. The topological polar surface area (TPSA) is 88.9 Å². The van der Waals surface area contributed by atoms with Gasteiger partial charge in [-0.3, -0.25) is 5.10 Å². The first-order valence-corrected chi connectivity index (χ1v) is 9.98. The van der Waals surface area contributed by atoms with Crippen LogP contribution in [0, 0.1) is 0 Å². The fourth-order valence-corrected chi connectivity index (χ4v) is 3.44. The third-order valence-corrected chi connectivity index (χ3v) is 5.04. The van der Waals surface area contributed by atoms with Crippen LogP contribution in [0.15, 0.2) is 91.1 Å². The average molecular weight is 407 g/mol. The van der Waals surface area contributed by atoms with Crippen molar-refractivity contribution in [2.24, 2.45) is 0 Å². The lowest BCUT2D eigenvalue weighted by atomic mass is 10.0. The number of ether oxygens (including phenoxy) is 1. The number of pyridine rings is 1. The molecule has 152 valence electrons. The molecule has 6 heteroatoms. The molecule has 31 heavy (non-hydrogen) atoms. The fourth-order valence-electron chi connectivity index (χ4n) is 3.44. The molecule has 0 aliphatic rings. The summed E-state index contributed by atoms with van der Waals surface area (Å²) in [7, 11) is 0. The highest BCUT2D eigenvalue weighted by Crippen LogP contribution is 2.28. The van der Waals surface area contributed by atoms with Crippen molar-refractivity contribution in [3.05, 3.63) is 96.7 Å². The van der Waals surface area contributed by atoms with E-state index in [0.29, 0.717) is 12.4 Å². The monoisotopic (exact) mass is 407 g/mol. The molecule has 0 saturated heterocycles. The van der Waals surface area contributed by atoms with Crippen LogP contribution >= 0.6 is 0 Å². The molecular weight excluding hydrogens is 386 g/mol. The molecule has 0 aliphatic carbocycles. The smallest absolute Gasteiger partial charge is 0.153 e. The zero-order valence-electron chi connectivity index (χ0n) is 16.7. The third-order valence-electron chi connectivity index (χ3n) is 5.04. The zero-order chi connectivity index (χ0) is 21.0. The molecule has 0 amide bonds. The van der Waals surface area contributed by atoms with Gasteiger partial charge < -0.3 is 15.8 Å². The van der Waals surface area contributed by atoms with E-state index in [4.69, 9.17) is 10.5 Å². The van der Waals surface area contributed by atoms with Gasteiger partial charge in [0.2, 0.25) is 0 Å². The molecule has 0 spiro atoms. The van der Waals surface area contributed by atoms with Gasteiger partial charge in [0.05, 0.1) is 5.52 Å². The van der Waals surface area contributed by atoms with E-state index in [0.717, 1.165) is 44.8 Å². The maximum Gasteiger partial charge on any atom is 0.153 e. The van der Waals surface area contributed by atoms with Crippen LogP contribution in [-0.2, 0) is 6.61 Å². The minimum atomic E-state index is 0.497. The van der Waals surface area contributed by atoms with Crippen LogP contribution in [0.25, 0.3) is 22.0 Å². The van der Waals surface area contributed by atoms with Crippen molar-refractivity contribution in [1.29, 1.82) is 0 Å². The summed E-state index contributed by atoms with van der Waals surface area (Å²) in [4.78, 5) is 4.46. The molecule has 2 aromatic heterocycles. The van der Waals surface area contributed by atoms with E-state index in [9.17, 15) is 0 Å². The lowest BCUT2D eigenvalue weighted by Crippen LogP contribution is -1.97. The van der Waals surface area contributed by atoms with Crippen LogP contribution < -0.4 is 15.8 Å². The fraction of sp³-hybridized carbons (Fsp3) is 0.0400. The number of benzene rings is 3. The van der Waals surface area contributed by atoms with E-state index in [1.165, 1.54) is 0 Å². The molecule has 0 atom stereocenters. The summed E-state index contributed by atoms with van der Waals surface area (Å²) in [6, 6.07) is 28.0. The Kier molecular flexibility index (Phi) is 4.94. The van der Waals surface area contributed by atoms with Crippen molar-refractivity contribution in [2.75, 3.05) is 11.1 Å².